The first-order chi connectivity index (χ1) is 23.0. The second-order valence-corrected chi connectivity index (χ2v) is 11.4. The molecule has 3 N–H and O–H groups in total. The molecule has 1 aliphatic rings. The van der Waals surface area contributed by atoms with Crippen LogP contribution in [0, 0.1) is 5.92 Å². The molecule has 286 valence electrons. The summed E-state index contributed by atoms with van der Waals surface area (Å²) >= 11 is 0. The lowest BCUT2D eigenvalue weighted by Crippen LogP contribution is -2.45. The first kappa shape index (κ1) is 49.9. The van der Waals surface area contributed by atoms with Gasteiger partial charge in [-0.3, -0.25) is 4.79 Å². The van der Waals surface area contributed by atoms with E-state index in [-0.39, 0.29) is 39.7 Å². The number of carbonyl (C=O) groups is 2. The SMILES string of the molecule is CC.CC.CCCCCCCCOC(CCC(=O)OCC(CO)COC(=O)NC1CCN(CC)CC1)OCCCCCCCC.CO.[HH]. The number of esters is 1. The summed E-state index contributed by atoms with van der Waals surface area (Å²) in [6.07, 6.45) is 15.8. The minimum absolute atomic E-state index is 0. The maximum Gasteiger partial charge on any atom is 0.407 e. The van der Waals surface area contributed by atoms with Gasteiger partial charge in [-0.05, 0) is 32.2 Å². The molecule has 1 atom stereocenters. The number of unbranched alkanes of at least 4 members (excludes halogenated alkanes) is 10. The van der Waals surface area contributed by atoms with Crippen LogP contribution in [0.3, 0.4) is 0 Å². The van der Waals surface area contributed by atoms with Crippen molar-refractivity contribution in [2.24, 2.45) is 5.92 Å². The number of amides is 1. The van der Waals surface area contributed by atoms with Crippen LogP contribution in [0.1, 0.15) is 153 Å². The minimum atomic E-state index is -0.488. The lowest BCUT2D eigenvalue weighted by atomic mass is 10.1. The molecule has 0 radical (unpaired) electrons. The molecule has 1 aliphatic heterocycles. The number of hydrogen-bond acceptors (Lipinski definition) is 9. The van der Waals surface area contributed by atoms with Gasteiger partial charge in [0.15, 0.2) is 6.29 Å². The van der Waals surface area contributed by atoms with Crippen molar-refractivity contribution >= 4 is 12.1 Å². The van der Waals surface area contributed by atoms with E-state index in [1.165, 1.54) is 51.4 Å². The second kappa shape index (κ2) is 40.7. The van der Waals surface area contributed by atoms with E-state index in [0.29, 0.717) is 19.6 Å². The number of likely N-dealkylation sites (tertiary alicyclic amines) is 1. The summed E-state index contributed by atoms with van der Waals surface area (Å²) in [6.45, 7) is 18.5. The van der Waals surface area contributed by atoms with E-state index in [4.69, 9.17) is 24.1 Å². The molecule has 1 unspecified atom stereocenters. The zero-order chi connectivity index (χ0) is 36.0. The largest absolute Gasteiger partial charge is 0.465 e. The van der Waals surface area contributed by atoms with Gasteiger partial charge in [-0.1, -0.05) is 113 Å². The number of rotatable bonds is 26. The quantitative estimate of drug-likeness (QED) is 0.0472. The number of nitrogens with zero attached hydrogens (tertiary/aromatic N) is 1. The van der Waals surface area contributed by atoms with Gasteiger partial charge in [0, 0.05) is 47.3 Å². The van der Waals surface area contributed by atoms with Crippen LogP contribution in [-0.4, -0.2) is 99.3 Å². The number of hydrogen-bond donors (Lipinski definition) is 3. The molecule has 0 bridgehead atoms. The lowest BCUT2D eigenvalue weighted by molar-refractivity contribution is -0.160. The fraction of sp³-hybridized carbons (Fsp3) is 0.946. The van der Waals surface area contributed by atoms with Gasteiger partial charge in [-0.2, -0.15) is 0 Å². The monoisotopic (exact) mass is 681 g/mol. The number of aliphatic hydroxyl groups excluding tert-OH is 2. The van der Waals surface area contributed by atoms with E-state index in [0.717, 1.165) is 65.3 Å². The van der Waals surface area contributed by atoms with Gasteiger partial charge in [-0.15, -0.1) is 0 Å². The van der Waals surface area contributed by atoms with E-state index in [9.17, 15) is 14.7 Å². The van der Waals surface area contributed by atoms with Gasteiger partial charge in [0.2, 0.25) is 0 Å². The minimum Gasteiger partial charge on any atom is -0.465 e. The van der Waals surface area contributed by atoms with Crippen molar-refractivity contribution in [3.8, 4) is 0 Å². The number of piperidine rings is 1. The molecular formula is C37H80N2O8. The maximum atomic E-state index is 12.4. The molecule has 1 fully saturated rings. The van der Waals surface area contributed by atoms with Crippen molar-refractivity contribution in [1.82, 2.24) is 10.2 Å². The zero-order valence-electron chi connectivity index (χ0n) is 32.0. The van der Waals surface area contributed by atoms with Crippen molar-refractivity contribution in [3.05, 3.63) is 0 Å². The molecule has 10 heteroatoms. The zero-order valence-corrected chi connectivity index (χ0v) is 32.0. The van der Waals surface area contributed by atoms with Crippen LogP contribution in [0.2, 0.25) is 0 Å². The Morgan fingerprint density at radius 2 is 1.23 bits per heavy atom. The summed E-state index contributed by atoms with van der Waals surface area (Å²) in [5, 5.41) is 19.6. The molecule has 1 rings (SSSR count). The first-order valence-electron chi connectivity index (χ1n) is 19.1. The summed E-state index contributed by atoms with van der Waals surface area (Å²) in [4.78, 5) is 27.0. The fourth-order valence-corrected chi connectivity index (χ4v) is 4.88. The maximum absolute atomic E-state index is 12.4. The van der Waals surface area contributed by atoms with Crippen LogP contribution in [0.15, 0.2) is 0 Å². The number of alkyl carbamates (subject to hydrolysis) is 1. The molecule has 47 heavy (non-hydrogen) atoms. The molecule has 0 spiro atoms. The molecule has 0 aromatic rings. The highest BCUT2D eigenvalue weighted by atomic mass is 16.7. The van der Waals surface area contributed by atoms with E-state index in [2.05, 4.69) is 31.0 Å². The third kappa shape index (κ3) is 32.8. The van der Waals surface area contributed by atoms with E-state index >= 15 is 0 Å². The molecule has 10 nitrogen and oxygen atoms in total. The van der Waals surface area contributed by atoms with E-state index in [1.54, 1.807) is 0 Å². The molecule has 0 saturated carbocycles. The summed E-state index contributed by atoms with van der Waals surface area (Å²) in [5.74, 6) is -0.831. The molecule has 0 aromatic carbocycles. The van der Waals surface area contributed by atoms with Crippen LogP contribution in [0.4, 0.5) is 4.79 Å². The molecular weight excluding hydrogens is 600 g/mol. The van der Waals surface area contributed by atoms with Crippen LogP contribution in [-0.2, 0) is 23.7 Å². The van der Waals surface area contributed by atoms with Crippen LogP contribution < -0.4 is 5.32 Å². The molecule has 0 aromatic heterocycles. The van der Waals surface area contributed by atoms with Crippen molar-refractivity contribution in [2.75, 3.05) is 59.8 Å². The van der Waals surface area contributed by atoms with Crippen molar-refractivity contribution < 1.29 is 40.2 Å². The van der Waals surface area contributed by atoms with Gasteiger partial charge >= 0.3 is 12.1 Å². The Balaban J connectivity index is -0.00000130. The Labute approximate surface area is 291 Å². The number of ether oxygens (including phenoxy) is 4. The van der Waals surface area contributed by atoms with Gasteiger partial charge in [0.1, 0.15) is 6.61 Å². The summed E-state index contributed by atoms with van der Waals surface area (Å²) < 4.78 is 22.7. The van der Waals surface area contributed by atoms with Crippen LogP contribution in [0.25, 0.3) is 0 Å². The highest BCUT2D eigenvalue weighted by molar-refractivity contribution is 5.69. The number of aliphatic hydroxyl groups is 2. The standard InChI is InChI=1S/C32H62N2O7.2C2H6.CH4O.H2/c1-4-7-9-11-13-15-23-38-31(39-24-16-14-12-10-8-5-2)18-17-30(36)40-26-28(25-35)27-41-32(37)33-29-19-21-34(6-3)22-20-29;3*1-2;/h28-29,31,35H,4-27H2,1-3H3,(H,33,37);2*1-2H3;2H,1H3;1H. The summed E-state index contributed by atoms with van der Waals surface area (Å²) in [5.41, 5.74) is 0. The fourth-order valence-electron chi connectivity index (χ4n) is 4.88. The van der Waals surface area contributed by atoms with Gasteiger partial charge in [0.05, 0.1) is 25.6 Å². The summed E-state index contributed by atoms with van der Waals surface area (Å²) in [6, 6.07) is 0.107. The Hall–Kier alpha value is -1.46. The van der Waals surface area contributed by atoms with Crippen molar-refractivity contribution in [2.45, 2.75) is 164 Å². The highest BCUT2D eigenvalue weighted by Gasteiger charge is 2.21. The van der Waals surface area contributed by atoms with Gasteiger partial charge in [0.25, 0.3) is 0 Å². The highest BCUT2D eigenvalue weighted by Crippen LogP contribution is 2.13. The second-order valence-electron chi connectivity index (χ2n) is 11.4. The topological polar surface area (TPSA) is 127 Å². The third-order valence-electron chi connectivity index (χ3n) is 7.73. The predicted octanol–water partition coefficient (Wildman–Crippen LogP) is 8.12. The van der Waals surface area contributed by atoms with Crippen molar-refractivity contribution in [1.29, 1.82) is 0 Å². The number of carbonyl (C=O) groups excluding carboxylic acids is 2. The van der Waals surface area contributed by atoms with Crippen LogP contribution in [0.5, 0.6) is 0 Å². The Kier molecular flexibility index (Phi) is 43.2. The first-order valence-corrected chi connectivity index (χ1v) is 19.1. The number of nitrogens with one attached hydrogen (secondary N) is 1. The molecule has 1 amide bonds. The van der Waals surface area contributed by atoms with Crippen LogP contribution >= 0.6 is 0 Å². The average Bonchev–Trinajstić information content (AvgIpc) is 3.12. The molecule has 0 aliphatic carbocycles. The van der Waals surface area contributed by atoms with Gasteiger partial charge in [-0.25, -0.2) is 4.79 Å². The third-order valence-corrected chi connectivity index (χ3v) is 7.73. The Morgan fingerprint density at radius 1 is 0.766 bits per heavy atom. The molecule has 1 saturated heterocycles. The van der Waals surface area contributed by atoms with E-state index in [1.807, 2.05) is 27.7 Å². The lowest BCUT2D eigenvalue weighted by Gasteiger charge is -2.31. The predicted molar refractivity (Wildman–Crippen MR) is 196 cm³/mol. The Morgan fingerprint density at radius 3 is 1.70 bits per heavy atom. The normalized spacial score (nSPS) is 13.7. The smallest absolute Gasteiger partial charge is 0.407 e. The van der Waals surface area contributed by atoms with E-state index < -0.39 is 18.3 Å². The van der Waals surface area contributed by atoms with Gasteiger partial charge < -0.3 is 39.4 Å². The average molecular weight is 681 g/mol. The van der Waals surface area contributed by atoms with Crippen molar-refractivity contribution in [3.63, 3.8) is 0 Å². The summed E-state index contributed by atoms with van der Waals surface area (Å²) in [7, 11) is 1.00. The molecule has 1 heterocycles. The Bertz CT molecular complexity index is 622.